The van der Waals surface area contributed by atoms with Crippen LogP contribution in [0.5, 0.6) is 0 Å². The predicted molar refractivity (Wildman–Crippen MR) is 111 cm³/mol. The van der Waals surface area contributed by atoms with Gasteiger partial charge in [0, 0.05) is 18.1 Å². The zero-order valence-corrected chi connectivity index (χ0v) is 16.3. The smallest absolute Gasteiger partial charge is 0.295 e. The van der Waals surface area contributed by atoms with Crippen molar-refractivity contribution in [1.29, 1.82) is 0 Å². The van der Waals surface area contributed by atoms with Gasteiger partial charge in [0.05, 0.1) is 22.5 Å². The van der Waals surface area contributed by atoms with Crippen molar-refractivity contribution in [2.24, 2.45) is 7.05 Å². The molecule has 0 aliphatic rings. The number of nitrogens with one attached hydrogen (secondary N) is 2. The molecule has 0 saturated heterocycles. The molecular formula is C22H22N4O2. The Labute approximate surface area is 162 Å². The van der Waals surface area contributed by atoms with E-state index >= 15 is 0 Å². The second kappa shape index (κ2) is 6.56. The highest BCUT2D eigenvalue weighted by atomic mass is 16.2. The number of nitrogens with zero attached hydrogens (tertiary/aromatic N) is 2. The van der Waals surface area contributed by atoms with Crippen LogP contribution in [0.3, 0.4) is 0 Å². The van der Waals surface area contributed by atoms with E-state index in [1.807, 2.05) is 63.2 Å². The molecule has 2 aromatic heterocycles. The van der Waals surface area contributed by atoms with Gasteiger partial charge in [-0.2, -0.15) is 0 Å². The molecule has 2 aromatic carbocycles. The fourth-order valence-electron chi connectivity index (χ4n) is 3.57. The minimum atomic E-state index is -0.308. The Balaban J connectivity index is 1.78. The summed E-state index contributed by atoms with van der Waals surface area (Å²) in [4.78, 5) is 29.3. The summed E-state index contributed by atoms with van der Waals surface area (Å²) < 4.78 is 3.30. The molecule has 6 heteroatoms. The van der Waals surface area contributed by atoms with E-state index in [9.17, 15) is 9.59 Å². The number of para-hydroxylation sites is 2. The molecule has 4 rings (SSSR count). The van der Waals surface area contributed by atoms with E-state index < -0.39 is 0 Å². The van der Waals surface area contributed by atoms with Gasteiger partial charge in [-0.05, 0) is 44.5 Å². The Morgan fingerprint density at radius 2 is 1.71 bits per heavy atom. The molecule has 0 saturated carbocycles. The summed E-state index contributed by atoms with van der Waals surface area (Å²) in [6.07, 6.45) is 0. The molecular weight excluding hydrogens is 352 g/mol. The highest BCUT2D eigenvalue weighted by Gasteiger charge is 2.20. The number of fused-ring (bicyclic) bond motifs is 1. The maximum atomic E-state index is 13.0. The standard InChI is InChI=1S/C22H22N4O2/c1-13-14(2)23-20-17(13)11-8-12-18(20)21(27)24-19-15(3)25(4)26(22(19)28)16-9-6-5-7-10-16/h5-12,23H,1-4H3,(H,24,27). The molecule has 2 heterocycles. The number of benzene rings is 2. The van der Waals surface area contributed by atoms with Crippen LogP contribution >= 0.6 is 0 Å². The van der Waals surface area contributed by atoms with Gasteiger partial charge in [0.25, 0.3) is 11.5 Å². The minimum absolute atomic E-state index is 0.259. The van der Waals surface area contributed by atoms with Crippen LogP contribution in [0.4, 0.5) is 5.69 Å². The third kappa shape index (κ3) is 2.65. The van der Waals surface area contributed by atoms with E-state index in [0.29, 0.717) is 11.3 Å². The van der Waals surface area contributed by atoms with Crippen molar-refractivity contribution in [1.82, 2.24) is 14.3 Å². The topological polar surface area (TPSA) is 71.8 Å². The van der Waals surface area contributed by atoms with Crippen LogP contribution in [0.15, 0.2) is 53.3 Å². The molecule has 2 N–H and O–H groups in total. The monoisotopic (exact) mass is 374 g/mol. The van der Waals surface area contributed by atoms with Crippen LogP contribution in [0, 0.1) is 20.8 Å². The van der Waals surface area contributed by atoms with Gasteiger partial charge in [0.1, 0.15) is 5.69 Å². The third-order valence-electron chi connectivity index (χ3n) is 5.38. The highest BCUT2D eigenvalue weighted by molar-refractivity contribution is 6.12. The zero-order valence-electron chi connectivity index (χ0n) is 16.3. The zero-order chi connectivity index (χ0) is 20.0. The largest absolute Gasteiger partial charge is 0.358 e. The second-order valence-electron chi connectivity index (χ2n) is 6.99. The van der Waals surface area contributed by atoms with Gasteiger partial charge in [-0.3, -0.25) is 14.3 Å². The van der Waals surface area contributed by atoms with Crippen molar-refractivity contribution >= 4 is 22.5 Å². The first kappa shape index (κ1) is 17.9. The van der Waals surface area contributed by atoms with Crippen molar-refractivity contribution in [3.63, 3.8) is 0 Å². The summed E-state index contributed by atoms with van der Waals surface area (Å²) in [6, 6.07) is 15.0. The summed E-state index contributed by atoms with van der Waals surface area (Å²) in [6.45, 7) is 5.83. The first-order valence-corrected chi connectivity index (χ1v) is 9.13. The average molecular weight is 374 g/mol. The lowest BCUT2D eigenvalue weighted by atomic mass is 10.1. The number of aryl methyl sites for hydroxylation is 2. The van der Waals surface area contributed by atoms with Crippen LogP contribution in [0.1, 0.15) is 27.3 Å². The molecule has 6 nitrogen and oxygen atoms in total. The van der Waals surface area contributed by atoms with Gasteiger partial charge in [-0.15, -0.1) is 0 Å². The first-order valence-electron chi connectivity index (χ1n) is 9.13. The summed E-state index contributed by atoms with van der Waals surface area (Å²) in [5, 5.41) is 3.84. The van der Waals surface area contributed by atoms with E-state index in [-0.39, 0.29) is 17.2 Å². The molecule has 28 heavy (non-hydrogen) atoms. The fraction of sp³-hybridized carbons (Fsp3) is 0.182. The maximum Gasteiger partial charge on any atom is 0.295 e. The number of rotatable bonds is 3. The number of carbonyl (C=O) groups is 1. The van der Waals surface area contributed by atoms with Crippen molar-refractivity contribution in [3.05, 3.63) is 81.4 Å². The number of hydrogen-bond acceptors (Lipinski definition) is 2. The van der Waals surface area contributed by atoms with Crippen LogP contribution in [-0.2, 0) is 7.05 Å². The van der Waals surface area contributed by atoms with E-state index in [1.54, 1.807) is 22.5 Å². The Bertz CT molecular complexity index is 1260. The lowest BCUT2D eigenvalue weighted by Gasteiger charge is -2.07. The van der Waals surface area contributed by atoms with Crippen LogP contribution in [0.25, 0.3) is 16.6 Å². The number of hydrogen-bond donors (Lipinski definition) is 2. The lowest BCUT2D eigenvalue weighted by molar-refractivity contribution is 0.102. The van der Waals surface area contributed by atoms with Crippen LogP contribution < -0.4 is 10.9 Å². The summed E-state index contributed by atoms with van der Waals surface area (Å²) in [5.74, 6) is -0.308. The maximum absolute atomic E-state index is 13.0. The van der Waals surface area contributed by atoms with Gasteiger partial charge in [-0.25, -0.2) is 4.68 Å². The second-order valence-corrected chi connectivity index (χ2v) is 6.99. The van der Waals surface area contributed by atoms with E-state index in [4.69, 9.17) is 0 Å². The lowest BCUT2D eigenvalue weighted by Crippen LogP contribution is -2.23. The molecule has 0 bridgehead atoms. The fourth-order valence-corrected chi connectivity index (χ4v) is 3.57. The van der Waals surface area contributed by atoms with E-state index in [2.05, 4.69) is 10.3 Å². The summed E-state index contributed by atoms with van der Waals surface area (Å²) in [5.41, 5.74) is 4.91. The van der Waals surface area contributed by atoms with Crippen molar-refractivity contribution in [3.8, 4) is 5.69 Å². The third-order valence-corrected chi connectivity index (χ3v) is 5.38. The van der Waals surface area contributed by atoms with Crippen molar-refractivity contribution in [2.45, 2.75) is 20.8 Å². The number of aromatic amines is 1. The highest BCUT2D eigenvalue weighted by Crippen LogP contribution is 2.25. The number of aromatic nitrogens is 3. The van der Waals surface area contributed by atoms with E-state index in [0.717, 1.165) is 27.8 Å². The Hall–Kier alpha value is -3.54. The molecule has 4 aromatic rings. The summed E-state index contributed by atoms with van der Waals surface area (Å²) in [7, 11) is 1.80. The summed E-state index contributed by atoms with van der Waals surface area (Å²) >= 11 is 0. The number of H-pyrrole nitrogens is 1. The minimum Gasteiger partial charge on any atom is -0.358 e. The van der Waals surface area contributed by atoms with Gasteiger partial charge in [-0.1, -0.05) is 30.3 Å². The molecule has 0 spiro atoms. The Morgan fingerprint density at radius 1 is 1.00 bits per heavy atom. The van der Waals surface area contributed by atoms with Crippen LogP contribution in [-0.4, -0.2) is 20.3 Å². The molecule has 1 amide bonds. The van der Waals surface area contributed by atoms with Crippen LogP contribution in [0.2, 0.25) is 0 Å². The number of carbonyl (C=O) groups excluding carboxylic acids is 1. The van der Waals surface area contributed by atoms with Gasteiger partial charge in [0.2, 0.25) is 0 Å². The number of amides is 1. The molecule has 0 aliphatic heterocycles. The van der Waals surface area contributed by atoms with Crippen molar-refractivity contribution in [2.75, 3.05) is 5.32 Å². The average Bonchev–Trinajstić information content (AvgIpc) is 3.10. The normalized spacial score (nSPS) is 11.1. The molecule has 0 radical (unpaired) electrons. The van der Waals surface area contributed by atoms with Gasteiger partial charge in [0.15, 0.2) is 0 Å². The first-order chi connectivity index (χ1) is 13.4. The molecule has 0 aliphatic carbocycles. The number of anilines is 1. The molecule has 0 fully saturated rings. The van der Waals surface area contributed by atoms with Gasteiger partial charge >= 0.3 is 0 Å². The predicted octanol–water partition coefficient (Wildman–Crippen LogP) is 3.83. The van der Waals surface area contributed by atoms with Crippen molar-refractivity contribution < 1.29 is 4.79 Å². The van der Waals surface area contributed by atoms with E-state index in [1.165, 1.54) is 0 Å². The molecule has 0 atom stereocenters. The SMILES string of the molecule is Cc1[nH]c2c(C(=O)Nc3c(C)n(C)n(-c4ccccc4)c3=O)cccc2c1C. The molecule has 0 unspecified atom stereocenters. The Morgan fingerprint density at radius 3 is 2.43 bits per heavy atom. The Kier molecular flexibility index (Phi) is 4.19. The van der Waals surface area contributed by atoms with Gasteiger partial charge < -0.3 is 10.3 Å². The quantitative estimate of drug-likeness (QED) is 0.572. The molecule has 142 valence electrons.